The second-order valence-electron chi connectivity index (χ2n) is 3.50. The summed E-state index contributed by atoms with van der Waals surface area (Å²) in [5.74, 6) is 0.940. The zero-order valence-corrected chi connectivity index (χ0v) is 9.13. The van der Waals surface area contributed by atoms with Crippen LogP contribution >= 0.6 is 0 Å². The highest BCUT2D eigenvalue weighted by molar-refractivity contribution is 5.43. The van der Waals surface area contributed by atoms with Gasteiger partial charge in [0.15, 0.2) is 0 Å². The lowest BCUT2D eigenvalue weighted by atomic mass is 9.99. The smallest absolute Gasteiger partial charge is 0.122 e. The summed E-state index contributed by atoms with van der Waals surface area (Å²) in [6, 6.07) is 4.08. The number of aliphatic hydroxyl groups is 1. The predicted octanol–water partition coefficient (Wildman–Crippen LogP) is 2.24. The van der Waals surface area contributed by atoms with Gasteiger partial charge in [-0.2, -0.15) is 0 Å². The van der Waals surface area contributed by atoms with E-state index in [2.05, 4.69) is 19.9 Å². The van der Waals surface area contributed by atoms with Gasteiger partial charge in [0.25, 0.3) is 0 Å². The van der Waals surface area contributed by atoms with Gasteiger partial charge in [0.2, 0.25) is 0 Å². The Hall–Kier alpha value is -1.02. The van der Waals surface area contributed by atoms with E-state index in [1.165, 1.54) is 16.7 Å². The Labute approximate surface area is 85.5 Å². The SMILES string of the molecule is COc1ccc(CCCO)c(C)c1C. The third-order valence-electron chi connectivity index (χ3n) is 2.67. The van der Waals surface area contributed by atoms with Crippen molar-refractivity contribution in [2.24, 2.45) is 0 Å². The van der Waals surface area contributed by atoms with Gasteiger partial charge in [-0.05, 0) is 49.4 Å². The fraction of sp³-hybridized carbons (Fsp3) is 0.500. The molecule has 0 aromatic heterocycles. The Morgan fingerprint density at radius 3 is 2.50 bits per heavy atom. The normalized spacial score (nSPS) is 10.3. The van der Waals surface area contributed by atoms with E-state index in [1.807, 2.05) is 6.07 Å². The molecule has 0 aliphatic heterocycles. The zero-order valence-electron chi connectivity index (χ0n) is 9.13. The summed E-state index contributed by atoms with van der Waals surface area (Å²) >= 11 is 0. The molecule has 0 spiro atoms. The molecule has 0 amide bonds. The number of hydrogen-bond acceptors (Lipinski definition) is 2. The average molecular weight is 194 g/mol. The molecule has 2 nitrogen and oxygen atoms in total. The molecule has 1 N–H and O–H groups in total. The Morgan fingerprint density at radius 1 is 1.21 bits per heavy atom. The second-order valence-corrected chi connectivity index (χ2v) is 3.50. The van der Waals surface area contributed by atoms with Crippen LogP contribution in [0.2, 0.25) is 0 Å². The maximum Gasteiger partial charge on any atom is 0.122 e. The number of hydrogen-bond donors (Lipinski definition) is 1. The number of rotatable bonds is 4. The van der Waals surface area contributed by atoms with Gasteiger partial charge in [0, 0.05) is 6.61 Å². The highest BCUT2D eigenvalue weighted by Gasteiger charge is 2.05. The molecule has 2 heteroatoms. The molecule has 0 saturated heterocycles. The molecular formula is C12H18O2. The first-order chi connectivity index (χ1) is 6.70. The van der Waals surface area contributed by atoms with Crippen LogP contribution in [0.25, 0.3) is 0 Å². The molecular weight excluding hydrogens is 176 g/mol. The van der Waals surface area contributed by atoms with E-state index >= 15 is 0 Å². The van der Waals surface area contributed by atoms with E-state index in [0.29, 0.717) is 0 Å². The fourth-order valence-corrected chi connectivity index (χ4v) is 1.61. The molecule has 1 aromatic carbocycles. The van der Waals surface area contributed by atoms with E-state index < -0.39 is 0 Å². The third-order valence-corrected chi connectivity index (χ3v) is 2.67. The third kappa shape index (κ3) is 2.26. The Morgan fingerprint density at radius 2 is 1.93 bits per heavy atom. The van der Waals surface area contributed by atoms with Gasteiger partial charge >= 0.3 is 0 Å². The summed E-state index contributed by atoms with van der Waals surface area (Å²) in [4.78, 5) is 0. The molecule has 1 rings (SSSR count). The van der Waals surface area contributed by atoms with E-state index in [4.69, 9.17) is 9.84 Å². The van der Waals surface area contributed by atoms with Crippen LogP contribution in [-0.2, 0) is 6.42 Å². The van der Waals surface area contributed by atoms with Crippen molar-refractivity contribution in [1.82, 2.24) is 0 Å². The highest BCUT2D eigenvalue weighted by Crippen LogP contribution is 2.24. The van der Waals surface area contributed by atoms with Crippen molar-refractivity contribution in [2.45, 2.75) is 26.7 Å². The van der Waals surface area contributed by atoms with E-state index in [1.54, 1.807) is 7.11 Å². The average Bonchev–Trinajstić information content (AvgIpc) is 2.20. The summed E-state index contributed by atoms with van der Waals surface area (Å²) < 4.78 is 5.24. The summed E-state index contributed by atoms with van der Waals surface area (Å²) in [7, 11) is 1.69. The quantitative estimate of drug-likeness (QED) is 0.796. The molecule has 1 aromatic rings. The standard InChI is InChI=1S/C12H18O2/c1-9-10(2)12(14-3)7-6-11(9)5-4-8-13/h6-7,13H,4-5,8H2,1-3H3. The largest absolute Gasteiger partial charge is 0.496 e. The number of aryl methyl sites for hydroxylation is 1. The highest BCUT2D eigenvalue weighted by atomic mass is 16.5. The molecule has 0 unspecified atom stereocenters. The van der Waals surface area contributed by atoms with Crippen LogP contribution in [0.3, 0.4) is 0 Å². The van der Waals surface area contributed by atoms with Gasteiger partial charge in [0.05, 0.1) is 7.11 Å². The van der Waals surface area contributed by atoms with Gasteiger partial charge in [-0.15, -0.1) is 0 Å². The Balaban J connectivity index is 2.92. The van der Waals surface area contributed by atoms with Crippen LogP contribution in [0, 0.1) is 13.8 Å². The van der Waals surface area contributed by atoms with Crippen LogP contribution in [0.15, 0.2) is 12.1 Å². The van der Waals surface area contributed by atoms with E-state index in [9.17, 15) is 0 Å². The minimum Gasteiger partial charge on any atom is -0.496 e. The van der Waals surface area contributed by atoms with Crippen molar-refractivity contribution < 1.29 is 9.84 Å². The molecule has 0 aliphatic carbocycles. The lowest BCUT2D eigenvalue weighted by molar-refractivity contribution is 0.288. The maximum absolute atomic E-state index is 8.76. The van der Waals surface area contributed by atoms with Gasteiger partial charge in [-0.1, -0.05) is 6.07 Å². The molecule has 0 heterocycles. The van der Waals surface area contributed by atoms with Crippen LogP contribution < -0.4 is 4.74 Å². The molecule has 0 aliphatic rings. The van der Waals surface area contributed by atoms with Crippen molar-refractivity contribution in [3.63, 3.8) is 0 Å². The predicted molar refractivity (Wildman–Crippen MR) is 57.9 cm³/mol. The number of methoxy groups -OCH3 is 1. The number of ether oxygens (including phenoxy) is 1. The summed E-state index contributed by atoms with van der Waals surface area (Å²) in [5, 5.41) is 8.76. The molecule has 0 fully saturated rings. The van der Waals surface area contributed by atoms with Crippen LogP contribution in [0.1, 0.15) is 23.1 Å². The molecule has 0 radical (unpaired) electrons. The monoisotopic (exact) mass is 194 g/mol. The zero-order chi connectivity index (χ0) is 10.6. The summed E-state index contributed by atoms with van der Waals surface area (Å²) in [5.41, 5.74) is 3.78. The summed E-state index contributed by atoms with van der Waals surface area (Å²) in [6.45, 7) is 4.42. The minimum absolute atomic E-state index is 0.254. The van der Waals surface area contributed by atoms with Crippen LogP contribution in [0.5, 0.6) is 5.75 Å². The molecule has 0 saturated carbocycles. The molecule has 14 heavy (non-hydrogen) atoms. The number of aliphatic hydroxyl groups excluding tert-OH is 1. The van der Waals surface area contributed by atoms with Gasteiger partial charge in [-0.3, -0.25) is 0 Å². The Bertz CT molecular complexity index is 305. The van der Waals surface area contributed by atoms with Crippen LogP contribution in [-0.4, -0.2) is 18.8 Å². The lowest BCUT2D eigenvalue weighted by Crippen LogP contribution is -1.97. The minimum atomic E-state index is 0.254. The molecule has 0 atom stereocenters. The van der Waals surface area contributed by atoms with Crippen molar-refractivity contribution >= 4 is 0 Å². The van der Waals surface area contributed by atoms with Crippen LogP contribution in [0.4, 0.5) is 0 Å². The maximum atomic E-state index is 8.76. The van der Waals surface area contributed by atoms with Gasteiger partial charge < -0.3 is 9.84 Å². The van der Waals surface area contributed by atoms with Crippen molar-refractivity contribution in [1.29, 1.82) is 0 Å². The number of benzene rings is 1. The molecule has 78 valence electrons. The molecule has 0 bridgehead atoms. The second kappa shape index (κ2) is 5.01. The van der Waals surface area contributed by atoms with E-state index in [0.717, 1.165) is 18.6 Å². The first-order valence-corrected chi connectivity index (χ1v) is 4.94. The Kier molecular flexibility index (Phi) is 3.96. The first kappa shape index (κ1) is 11.1. The topological polar surface area (TPSA) is 29.5 Å². The van der Waals surface area contributed by atoms with Crippen molar-refractivity contribution in [3.8, 4) is 5.75 Å². The lowest BCUT2D eigenvalue weighted by Gasteiger charge is -2.11. The van der Waals surface area contributed by atoms with Crippen molar-refractivity contribution in [3.05, 3.63) is 28.8 Å². The first-order valence-electron chi connectivity index (χ1n) is 4.94. The van der Waals surface area contributed by atoms with Crippen molar-refractivity contribution in [2.75, 3.05) is 13.7 Å². The fourth-order valence-electron chi connectivity index (χ4n) is 1.61. The summed E-state index contributed by atoms with van der Waals surface area (Å²) in [6.07, 6.45) is 1.76. The van der Waals surface area contributed by atoms with E-state index in [-0.39, 0.29) is 6.61 Å². The van der Waals surface area contributed by atoms with Gasteiger partial charge in [-0.25, -0.2) is 0 Å². The van der Waals surface area contributed by atoms with Gasteiger partial charge in [0.1, 0.15) is 5.75 Å².